The molecular weight excluding hydrogens is 354 g/mol. The highest BCUT2D eigenvalue weighted by molar-refractivity contribution is 5.63. The van der Waals surface area contributed by atoms with Crippen LogP contribution < -0.4 is 4.74 Å². The van der Waals surface area contributed by atoms with E-state index in [1.807, 2.05) is 25.3 Å². The van der Waals surface area contributed by atoms with E-state index in [-0.39, 0.29) is 0 Å². The minimum absolute atomic E-state index is 0.658. The largest absolute Gasteiger partial charge is 0.494 e. The minimum Gasteiger partial charge on any atom is -0.494 e. The Kier molecular flexibility index (Phi) is 9.05. The van der Waals surface area contributed by atoms with Crippen LogP contribution in [0.2, 0.25) is 0 Å². The lowest BCUT2D eigenvalue weighted by Gasteiger charge is -2.28. The topological polar surface area (TPSA) is 22.1 Å². The third-order valence-corrected chi connectivity index (χ3v) is 6.52. The highest BCUT2D eigenvalue weighted by Gasteiger charge is 2.22. The highest BCUT2D eigenvalue weighted by Crippen LogP contribution is 2.37. The summed E-state index contributed by atoms with van der Waals surface area (Å²) < 4.78 is 5.53. The Bertz CT molecular complexity index is 683. The number of hydrogen-bond donors (Lipinski definition) is 0. The van der Waals surface area contributed by atoms with Crippen molar-refractivity contribution in [3.05, 3.63) is 48.3 Å². The number of unbranched alkanes of at least 4 members (excludes halogenated alkanes) is 5. The first kappa shape index (κ1) is 21.9. The average molecular weight is 394 g/mol. The van der Waals surface area contributed by atoms with Gasteiger partial charge >= 0.3 is 0 Å². The molecule has 1 aliphatic rings. The molecule has 0 spiro atoms. The lowest BCUT2D eigenvalue weighted by atomic mass is 9.78. The summed E-state index contributed by atoms with van der Waals surface area (Å²) in [7, 11) is 0. The van der Waals surface area contributed by atoms with Crippen LogP contribution in [-0.4, -0.2) is 11.6 Å². The van der Waals surface area contributed by atoms with Gasteiger partial charge in [-0.3, -0.25) is 4.98 Å². The first-order valence-electron chi connectivity index (χ1n) is 12.0. The van der Waals surface area contributed by atoms with Gasteiger partial charge in [0.1, 0.15) is 5.75 Å². The summed E-state index contributed by atoms with van der Waals surface area (Å²) in [6.07, 6.45) is 17.4. The average Bonchev–Trinajstić information content (AvgIpc) is 2.78. The van der Waals surface area contributed by atoms with Crippen molar-refractivity contribution in [2.24, 2.45) is 5.92 Å². The van der Waals surface area contributed by atoms with Crippen LogP contribution in [0.3, 0.4) is 0 Å². The van der Waals surface area contributed by atoms with Crippen molar-refractivity contribution in [3.8, 4) is 16.9 Å². The quantitative estimate of drug-likeness (QED) is 0.359. The molecule has 0 N–H and O–H groups in total. The highest BCUT2D eigenvalue weighted by atomic mass is 16.5. The second-order valence-electron chi connectivity index (χ2n) is 8.70. The second-order valence-corrected chi connectivity index (χ2v) is 8.70. The molecule has 0 saturated heterocycles. The molecule has 3 rings (SSSR count). The fraction of sp³-hybridized carbons (Fsp3) is 0.593. The summed E-state index contributed by atoms with van der Waals surface area (Å²) in [5.74, 6) is 2.55. The number of aromatic nitrogens is 1. The zero-order valence-electron chi connectivity index (χ0n) is 18.5. The molecule has 0 amide bonds. The molecule has 2 aromatic rings. The maximum atomic E-state index is 5.53. The number of hydrogen-bond acceptors (Lipinski definition) is 2. The van der Waals surface area contributed by atoms with E-state index in [4.69, 9.17) is 9.72 Å². The van der Waals surface area contributed by atoms with Crippen molar-refractivity contribution in [1.29, 1.82) is 0 Å². The Morgan fingerprint density at radius 2 is 1.48 bits per heavy atom. The predicted molar refractivity (Wildman–Crippen MR) is 124 cm³/mol. The molecule has 0 aliphatic heterocycles. The van der Waals surface area contributed by atoms with Gasteiger partial charge in [-0.15, -0.1) is 0 Å². The van der Waals surface area contributed by atoms with Gasteiger partial charge in [-0.05, 0) is 62.3 Å². The zero-order chi connectivity index (χ0) is 20.3. The van der Waals surface area contributed by atoms with Crippen molar-refractivity contribution in [2.45, 2.75) is 90.4 Å². The van der Waals surface area contributed by atoms with Crippen LogP contribution in [0, 0.1) is 5.92 Å². The zero-order valence-corrected chi connectivity index (χ0v) is 18.5. The van der Waals surface area contributed by atoms with Gasteiger partial charge in [0.05, 0.1) is 6.61 Å². The van der Waals surface area contributed by atoms with Gasteiger partial charge in [0, 0.05) is 23.4 Å². The van der Waals surface area contributed by atoms with Crippen LogP contribution in [0.5, 0.6) is 5.75 Å². The van der Waals surface area contributed by atoms with Crippen LogP contribution in [0.1, 0.15) is 96.1 Å². The SMILES string of the molecule is CCCCCCCC[C@H]1CC[C@H](c2ccc(-c3ccc(OCC)cc3)cn2)CC1. The molecular formula is C27H39NO. The normalized spacial score (nSPS) is 19.2. The smallest absolute Gasteiger partial charge is 0.119 e. The monoisotopic (exact) mass is 393 g/mol. The van der Waals surface area contributed by atoms with Gasteiger partial charge in [-0.2, -0.15) is 0 Å². The van der Waals surface area contributed by atoms with Gasteiger partial charge in [-0.1, -0.05) is 70.1 Å². The van der Waals surface area contributed by atoms with Crippen molar-refractivity contribution in [1.82, 2.24) is 4.98 Å². The molecule has 1 heterocycles. The molecule has 158 valence electrons. The van der Waals surface area contributed by atoms with Crippen LogP contribution in [-0.2, 0) is 0 Å². The van der Waals surface area contributed by atoms with Crippen molar-refractivity contribution >= 4 is 0 Å². The Balaban J connectivity index is 1.43. The third-order valence-electron chi connectivity index (χ3n) is 6.52. The molecule has 0 bridgehead atoms. The third kappa shape index (κ3) is 6.87. The fourth-order valence-corrected chi connectivity index (χ4v) is 4.69. The first-order chi connectivity index (χ1) is 14.3. The maximum Gasteiger partial charge on any atom is 0.119 e. The van der Waals surface area contributed by atoms with Crippen LogP contribution in [0.4, 0.5) is 0 Å². The maximum absolute atomic E-state index is 5.53. The summed E-state index contributed by atoms with van der Waals surface area (Å²) in [4.78, 5) is 4.84. The molecule has 1 aliphatic carbocycles. The summed E-state index contributed by atoms with van der Waals surface area (Å²) in [6.45, 7) is 5.01. The Morgan fingerprint density at radius 3 is 2.14 bits per heavy atom. The van der Waals surface area contributed by atoms with Crippen LogP contribution in [0.15, 0.2) is 42.6 Å². The van der Waals surface area contributed by atoms with Crippen molar-refractivity contribution in [3.63, 3.8) is 0 Å². The van der Waals surface area contributed by atoms with Crippen LogP contribution in [0.25, 0.3) is 11.1 Å². The second kappa shape index (κ2) is 12.0. The van der Waals surface area contributed by atoms with Crippen LogP contribution >= 0.6 is 0 Å². The van der Waals surface area contributed by atoms with Gasteiger partial charge in [0.25, 0.3) is 0 Å². The number of rotatable bonds is 11. The molecule has 2 nitrogen and oxygen atoms in total. The molecule has 1 aromatic carbocycles. The van der Waals surface area contributed by atoms with E-state index in [9.17, 15) is 0 Å². The minimum atomic E-state index is 0.658. The van der Waals surface area contributed by atoms with Gasteiger partial charge in [0.15, 0.2) is 0 Å². The Hall–Kier alpha value is -1.83. The number of ether oxygens (including phenoxy) is 1. The van der Waals surface area contributed by atoms with Crippen molar-refractivity contribution in [2.75, 3.05) is 6.61 Å². The molecule has 1 fully saturated rings. The Labute approximate surface area is 178 Å². The van der Waals surface area contributed by atoms with E-state index in [2.05, 4.69) is 31.2 Å². The molecule has 1 aromatic heterocycles. The molecule has 0 unspecified atom stereocenters. The van der Waals surface area contributed by atoms with E-state index < -0.39 is 0 Å². The fourth-order valence-electron chi connectivity index (χ4n) is 4.69. The summed E-state index contributed by atoms with van der Waals surface area (Å²) in [6, 6.07) is 12.8. The lowest BCUT2D eigenvalue weighted by Crippen LogP contribution is -2.14. The van der Waals surface area contributed by atoms with Gasteiger partial charge in [-0.25, -0.2) is 0 Å². The number of pyridine rings is 1. The van der Waals surface area contributed by atoms with E-state index >= 15 is 0 Å². The summed E-state index contributed by atoms with van der Waals surface area (Å²) in [5, 5.41) is 0. The molecule has 29 heavy (non-hydrogen) atoms. The van der Waals surface area contributed by atoms with E-state index in [0.29, 0.717) is 12.5 Å². The van der Waals surface area contributed by atoms with Crippen molar-refractivity contribution < 1.29 is 4.74 Å². The number of nitrogens with zero attached hydrogens (tertiary/aromatic N) is 1. The van der Waals surface area contributed by atoms with Gasteiger partial charge in [0.2, 0.25) is 0 Å². The molecule has 0 radical (unpaired) electrons. The summed E-state index contributed by atoms with van der Waals surface area (Å²) in [5.41, 5.74) is 3.68. The first-order valence-corrected chi connectivity index (χ1v) is 12.0. The van der Waals surface area contributed by atoms with E-state index in [0.717, 1.165) is 11.7 Å². The lowest BCUT2D eigenvalue weighted by molar-refractivity contribution is 0.299. The Morgan fingerprint density at radius 1 is 0.793 bits per heavy atom. The standard InChI is InChI=1S/C27H39NO/c1-3-5-6-7-8-9-10-22-11-13-24(14-12-22)27-20-17-25(21-28-27)23-15-18-26(19-16-23)29-4-2/h15-22,24H,3-14H2,1-2H3/t22-,24-. The predicted octanol–water partition coefficient (Wildman–Crippen LogP) is 8.17. The molecule has 0 atom stereocenters. The summed E-state index contributed by atoms with van der Waals surface area (Å²) >= 11 is 0. The number of benzene rings is 1. The van der Waals surface area contributed by atoms with Gasteiger partial charge < -0.3 is 4.74 Å². The molecule has 2 heteroatoms. The van der Waals surface area contributed by atoms with E-state index in [1.54, 1.807) is 0 Å². The molecule has 1 saturated carbocycles. The van der Waals surface area contributed by atoms with E-state index in [1.165, 1.54) is 87.4 Å².